The molecule has 0 saturated heterocycles. The lowest BCUT2D eigenvalue weighted by Crippen LogP contribution is -1.86. The number of hydrogen-bond acceptors (Lipinski definition) is 1. The highest BCUT2D eigenvalue weighted by molar-refractivity contribution is 5.27. The Bertz CT molecular complexity index is 245. The van der Waals surface area contributed by atoms with E-state index in [0.717, 1.165) is 18.6 Å². The number of rotatable bonds is 3. The summed E-state index contributed by atoms with van der Waals surface area (Å²) in [5, 5.41) is 0. The van der Waals surface area contributed by atoms with Crippen molar-refractivity contribution < 1.29 is 4.42 Å². The Labute approximate surface area is 67.7 Å². The van der Waals surface area contributed by atoms with Crippen molar-refractivity contribution in [1.29, 1.82) is 0 Å². The Balaban J connectivity index is 2.95. The van der Waals surface area contributed by atoms with Crippen molar-refractivity contribution in [2.24, 2.45) is 0 Å². The summed E-state index contributed by atoms with van der Waals surface area (Å²) >= 11 is 0. The van der Waals surface area contributed by atoms with Crippen molar-refractivity contribution >= 4 is 0 Å². The minimum Gasteiger partial charge on any atom is -0.468 e. The van der Waals surface area contributed by atoms with Gasteiger partial charge in [0.1, 0.15) is 5.76 Å². The quantitative estimate of drug-likeness (QED) is 0.604. The van der Waals surface area contributed by atoms with Gasteiger partial charge in [0.15, 0.2) is 0 Å². The number of allylic oxidation sites excluding steroid dienone is 1. The standard InChI is InChI=1S/C10H14O/c1-4-6-10-9(5-2)8(3)7-11-10/h4,7H,1,5-6H2,2-3H3. The molecule has 11 heavy (non-hydrogen) atoms. The molecule has 1 nitrogen and oxygen atoms in total. The normalized spacial score (nSPS) is 10.0. The molecule has 1 aromatic heterocycles. The van der Waals surface area contributed by atoms with Crippen LogP contribution >= 0.6 is 0 Å². The van der Waals surface area contributed by atoms with Gasteiger partial charge in [0.2, 0.25) is 0 Å². The zero-order chi connectivity index (χ0) is 8.27. The molecule has 0 fully saturated rings. The van der Waals surface area contributed by atoms with E-state index in [1.165, 1.54) is 11.1 Å². The first kappa shape index (κ1) is 8.12. The Morgan fingerprint density at radius 1 is 1.64 bits per heavy atom. The first-order valence-electron chi connectivity index (χ1n) is 3.96. The topological polar surface area (TPSA) is 13.1 Å². The third-order valence-corrected chi connectivity index (χ3v) is 1.87. The van der Waals surface area contributed by atoms with E-state index in [9.17, 15) is 0 Å². The van der Waals surface area contributed by atoms with Crippen molar-refractivity contribution in [3.05, 3.63) is 35.8 Å². The van der Waals surface area contributed by atoms with Gasteiger partial charge in [-0.05, 0) is 24.5 Å². The van der Waals surface area contributed by atoms with Crippen LogP contribution in [-0.2, 0) is 12.8 Å². The van der Waals surface area contributed by atoms with Gasteiger partial charge in [-0.3, -0.25) is 0 Å². The van der Waals surface area contributed by atoms with Gasteiger partial charge >= 0.3 is 0 Å². The molecule has 0 saturated carbocycles. The van der Waals surface area contributed by atoms with Crippen molar-refractivity contribution in [3.63, 3.8) is 0 Å². The molecule has 0 aliphatic rings. The minimum absolute atomic E-state index is 0.844. The largest absolute Gasteiger partial charge is 0.468 e. The minimum atomic E-state index is 0.844. The Morgan fingerprint density at radius 3 is 2.91 bits per heavy atom. The summed E-state index contributed by atoms with van der Waals surface area (Å²) in [7, 11) is 0. The van der Waals surface area contributed by atoms with Crippen LogP contribution in [0.3, 0.4) is 0 Å². The van der Waals surface area contributed by atoms with Crippen molar-refractivity contribution in [1.82, 2.24) is 0 Å². The lowest BCUT2D eigenvalue weighted by molar-refractivity contribution is 0.518. The Hall–Kier alpha value is -0.980. The molecule has 0 amide bonds. The second-order valence-corrected chi connectivity index (χ2v) is 2.67. The summed E-state index contributed by atoms with van der Waals surface area (Å²) in [6.45, 7) is 7.90. The van der Waals surface area contributed by atoms with Crippen LogP contribution in [0.15, 0.2) is 23.3 Å². The molecule has 1 heteroatoms. The van der Waals surface area contributed by atoms with E-state index in [4.69, 9.17) is 4.42 Å². The monoisotopic (exact) mass is 150 g/mol. The molecule has 0 aromatic carbocycles. The van der Waals surface area contributed by atoms with Crippen LogP contribution in [0.2, 0.25) is 0 Å². The zero-order valence-electron chi connectivity index (χ0n) is 7.18. The molecule has 0 unspecified atom stereocenters. The third-order valence-electron chi connectivity index (χ3n) is 1.87. The number of furan rings is 1. The van der Waals surface area contributed by atoms with Crippen LogP contribution in [0.1, 0.15) is 23.8 Å². The van der Waals surface area contributed by atoms with Crippen molar-refractivity contribution in [2.45, 2.75) is 26.7 Å². The van der Waals surface area contributed by atoms with Crippen LogP contribution in [-0.4, -0.2) is 0 Å². The molecule has 0 aliphatic heterocycles. The second-order valence-electron chi connectivity index (χ2n) is 2.67. The van der Waals surface area contributed by atoms with Gasteiger partial charge in [-0.1, -0.05) is 13.0 Å². The average Bonchev–Trinajstić information content (AvgIpc) is 2.33. The molecule has 60 valence electrons. The third kappa shape index (κ3) is 1.53. The maximum absolute atomic E-state index is 5.36. The SMILES string of the molecule is C=CCc1occ(C)c1CC. The van der Waals surface area contributed by atoms with E-state index in [-0.39, 0.29) is 0 Å². The summed E-state index contributed by atoms with van der Waals surface area (Å²) in [4.78, 5) is 0. The van der Waals surface area contributed by atoms with Crippen LogP contribution in [0, 0.1) is 6.92 Å². The zero-order valence-corrected chi connectivity index (χ0v) is 7.18. The average molecular weight is 150 g/mol. The molecule has 0 bridgehead atoms. The molecule has 1 aromatic rings. The fourth-order valence-electron chi connectivity index (χ4n) is 1.30. The summed E-state index contributed by atoms with van der Waals surface area (Å²) in [6, 6.07) is 0. The van der Waals surface area contributed by atoms with Crippen molar-refractivity contribution in [2.75, 3.05) is 0 Å². The van der Waals surface area contributed by atoms with Crippen LogP contribution < -0.4 is 0 Å². The molecule has 1 heterocycles. The van der Waals surface area contributed by atoms with Gasteiger partial charge in [-0.25, -0.2) is 0 Å². The van der Waals surface area contributed by atoms with Gasteiger partial charge in [0.05, 0.1) is 6.26 Å². The summed E-state index contributed by atoms with van der Waals surface area (Å²) in [5.41, 5.74) is 2.59. The summed E-state index contributed by atoms with van der Waals surface area (Å²) in [6.07, 6.45) is 5.58. The lowest BCUT2D eigenvalue weighted by atomic mass is 10.1. The fourth-order valence-corrected chi connectivity index (χ4v) is 1.30. The smallest absolute Gasteiger partial charge is 0.110 e. The van der Waals surface area contributed by atoms with E-state index in [2.05, 4.69) is 20.4 Å². The van der Waals surface area contributed by atoms with Gasteiger partial charge in [-0.2, -0.15) is 0 Å². The van der Waals surface area contributed by atoms with Crippen LogP contribution in [0.25, 0.3) is 0 Å². The fraction of sp³-hybridized carbons (Fsp3) is 0.400. The second kappa shape index (κ2) is 3.42. The van der Waals surface area contributed by atoms with E-state index in [0.29, 0.717) is 0 Å². The first-order valence-corrected chi connectivity index (χ1v) is 3.96. The first-order chi connectivity index (χ1) is 5.29. The van der Waals surface area contributed by atoms with Gasteiger partial charge in [0, 0.05) is 6.42 Å². The molecule has 0 N–H and O–H groups in total. The summed E-state index contributed by atoms with van der Waals surface area (Å²) in [5.74, 6) is 1.07. The van der Waals surface area contributed by atoms with Gasteiger partial charge in [0.25, 0.3) is 0 Å². The van der Waals surface area contributed by atoms with E-state index in [1.807, 2.05) is 12.3 Å². The van der Waals surface area contributed by atoms with Crippen LogP contribution in [0.4, 0.5) is 0 Å². The van der Waals surface area contributed by atoms with Gasteiger partial charge < -0.3 is 4.42 Å². The predicted molar refractivity (Wildman–Crippen MR) is 46.7 cm³/mol. The van der Waals surface area contributed by atoms with E-state index < -0.39 is 0 Å². The maximum Gasteiger partial charge on any atom is 0.110 e. The molecular weight excluding hydrogens is 136 g/mol. The molecule has 0 aliphatic carbocycles. The van der Waals surface area contributed by atoms with Crippen LogP contribution in [0.5, 0.6) is 0 Å². The molecule has 0 radical (unpaired) electrons. The van der Waals surface area contributed by atoms with E-state index >= 15 is 0 Å². The lowest BCUT2D eigenvalue weighted by Gasteiger charge is -1.95. The highest BCUT2D eigenvalue weighted by atomic mass is 16.3. The van der Waals surface area contributed by atoms with Crippen molar-refractivity contribution in [3.8, 4) is 0 Å². The molecule has 0 atom stereocenters. The molecular formula is C10H14O. The molecule has 1 rings (SSSR count). The maximum atomic E-state index is 5.36. The summed E-state index contributed by atoms with van der Waals surface area (Å²) < 4.78 is 5.36. The highest BCUT2D eigenvalue weighted by Gasteiger charge is 2.05. The van der Waals surface area contributed by atoms with Gasteiger partial charge in [-0.15, -0.1) is 6.58 Å². The van der Waals surface area contributed by atoms with E-state index in [1.54, 1.807) is 0 Å². The predicted octanol–water partition coefficient (Wildman–Crippen LogP) is 2.88. The Morgan fingerprint density at radius 2 is 2.36 bits per heavy atom. The number of aryl methyl sites for hydroxylation is 1. The Kier molecular flexibility index (Phi) is 2.53. The number of hydrogen-bond donors (Lipinski definition) is 0. The highest BCUT2D eigenvalue weighted by Crippen LogP contribution is 2.17. The molecule has 0 spiro atoms.